The number of rotatable bonds is 3. The minimum Gasteiger partial charge on any atom is -0.379 e. The van der Waals surface area contributed by atoms with E-state index in [0.29, 0.717) is 6.04 Å². The predicted octanol–water partition coefficient (Wildman–Crippen LogP) is 1.81. The molecule has 1 aromatic rings. The number of anilines is 1. The molecule has 3 unspecified atom stereocenters. The second kappa shape index (κ2) is 5.00. The first-order valence-corrected chi connectivity index (χ1v) is 6.68. The molecule has 1 saturated carbocycles. The van der Waals surface area contributed by atoms with Crippen LogP contribution in [0.1, 0.15) is 32.1 Å². The molecule has 3 rings (SSSR count). The van der Waals surface area contributed by atoms with Crippen LogP contribution in [-0.2, 0) is 0 Å². The van der Waals surface area contributed by atoms with E-state index < -0.39 is 0 Å². The third kappa shape index (κ3) is 2.41. The molecule has 1 aromatic heterocycles. The first kappa shape index (κ1) is 11.0. The van der Waals surface area contributed by atoms with Gasteiger partial charge in [-0.1, -0.05) is 6.42 Å². The fourth-order valence-electron chi connectivity index (χ4n) is 3.31. The molecule has 3 atom stereocenters. The van der Waals surface area contributed by atoms with Crippen LogP contribution in [-0.4, -0.2) is 28.6 Å². The Hall–Kier alpha value is -1.16. The Morgan fingerprint density at radius 3 is 2.76 bits per heavy atom. The van der Waals surface area contributed by atoms with Crippen LogP contribution in [0.4, 0.5) is 5.69 Å². The molecule has 2 aliphatic rings. The van der Waals surface area contributed by atoms with Gasteiger partial charge in [0, 0.05) is 12.1 Å². The molecule has 0 spiro atoms. The topological polar surface area (TPSA) is 49.8 Å². The van der Waals surface area contributed by atoms with E-state index in [1.807, 2.05) is 12.4 Å². The van der Waals surface area contributed by atoms with Crippen LogP contribution in [0, 0.1) is 5.92 Å². The molecule has 1 aliphatic heterocycles. The van der Waals surface area contributed by atoms with E-state index in [1.54, 1.807) is 6.33 Å². The van der Waals surface area contributed by atoms with Crippen molar-refractivity contribution in [3.8, 4) is 0 Å². The zero-order chi connectivity index (χ0) is 11.5. The van der Waals surface area contributed by atoms with Crippen LogP contribution < -0.4 is 10.6 Å². The van der Waals surface area contributed by atoms with Gasteiger partial charge in [-0.3, -0.25) is 0 Å². The van der Waals surface area contributed by atoms with Crippen LogP contribution in [0.15, 0.2) is 18.7 Å². The molecule has 1 aliphatic carbocycles. The summed E-state index contributed by atoms with van der Waals surface area (Å²) in [5.74, 6) is 0.776. The Balaban J connectivity index is 1.65. The van der Waals surface area contributed by atoms with Crippen molar-refractivity contribution in [2.45, 2.75) is 44.2 Å². The van der Waals surface area contributed by atoms with Crippen molar-refractivity contribution < 1.29 is 0 Å². The molecule has 2 heterocycles. The molecule has 0 radical (unpaired) electrons. The van der Waals surface area contributed by atoms with Gasteiger partial charge >= 0.3 is 0 Å². The summed E-state index contributed by atoms with van der Waals surface area (Å²) in [7, 11) is 0. The van der Waals surface area contributed by atoms with Gasteiger partial charge in [0.1, 0.15) is 6.33 Å². The van der Waals surface area contributed by atoms with Crippen LogP contribution in [0.5, 0.6) is 0 Å². The van der Waals surface area contributed by atoms with Gasteiger partial charge in [0.05, 0.1) is 18.1 Å². The van der Waals surface area contributed by atoms with Crippen molar-refractivity contribution in [1.82, 2.24) is 15.3 Å². The smallest absolute Gasteiger partial charge is 0.115 e. The van der Waals surface area contributed by atoms with Gasteiger partial charge in [0.15, 0.2) is 0 Å². The maximum absolute atomic E-state index is 4.06. The minimum absolute atomic E-state index is 0.594. The number of hydrogen-bond acceptors (Lipinski definition) is 4. The molecule has 17 heavy (non-hydrogen) atoms. The van der Waals surface area contributed by atoms with Crippen molar-refractivity contribution >= 4 is 5.69 Å². The highest BCUT2D eigenvalue weighted by Crippen LogP contribution is 2.33. The highest BCUT2D eigenvalue weighted by Gasteiger charge is 2.34. The average molecular weight is 232 g/mol. The van der Waals surface area contributed by atoms with Crippen molar-refractivity contribution in [2.24, 2.45) is 5.92 Å². The van der Waals surface area contributed by atoms with Gasteiger partial charge in [-0.15, -0.1) is 0 Å². The quantitative estimate of drug-likeness (QED) is 0.834. The Bertz CT molecular complexity index is 348. The molecule has 0 amide bonds. The Labute approximate surface area is 102 Å². The second-order valence-corrected chi connectivity index (χ2v) is 5.18. The van der Waals surface area contributed by atoms with Gasteiger partial charge in [0.2, 0.25) is 0 Å². The van der Waals surface area contributed by atoms with Crippen molar-refractivity contribution in [2.75, 3.05) is 11.9 Å². The lowest BCUT2D eigenvalue weighted by Gasteiger charge is -2.27. The van der Waals surface area contributed by atoms with E-state index in [2.05, 4.69) is 20.6 Å². The summed E-state index contributed by atoms with van der Waals surface area (Å²) >= 11 is 0. The minimum atomic E-state index is 0.594. The van der Waals surface area contributed by atoms with Gasteiger partial charge in [0.25, 0.3) is 0 Å². The molecule has 0 aromatic carbocycles. The highest BCUT2D eigenvalue weighted by molar-refractivity contribution is 5.39. The lowest BCUT2D eigenvalue weighted by atomic mass is 9.93. The number of aromatic nitrogens is 2. The van der Waals surface area contributed by atoms with Crippen molar-refractivity contribution in [1.29, 1.82) is 0 Å². The van der Waals surface area contributed by atoms with Crippen LogP contribution in [0.3, 0.4) is 0 Å². The third-order valence-electron chi connectivity index (χ3n) is 4.10. The SMILES string of the molecule is c1ncc(NC2CCCC2C2CCCN2)cn1. The van der Waals surface area contributed by atoms with E-state index in [-0.39, 0.29) is 0 Å². The lowest BCUT2D eigenvalue weighted by molar-refractivity contribution is 0.376. The molecule has 2 N–H and O–H groups in total. The highest BCUT2D eigenvalue weighted by atomic mass is 15.0. The lowest BCUT2D eigenvalue weighted by Crippen LogP contribution is -2.38. The number of nitrogens with one attached hydrogen (secondary N) is 2. The third-order valence-corrected chi connectivity index (χ3v) is 4.10. The molecule has 2 fully saturated rings. The molecule has 92 valence electrons. The van der Waals surface area contributed by atoms with E-state index in [4.69, 9.17) is 0 Å². The van der Waals surface area contributed by atoms with Crippen molar-refractivity contribution in [3.63, 3.8) is 0 Å². The molecule has 4 nitrogen and oxygen atoms in total. The van der Waals surface area contributed by atoms with Gasteiger partial charge < -0.3 is 10.6 Å². The summed E-state index contributed by atoms with van der Waals surface area (Å²) in [6.45, 7) is 1.20. The summed E-state index contributed by atoms with van der Waals surface area (Å²) in [5.41, 5.74) is 1.06. The Morgan fingerprint density at radius 1 is 1.12 bits per heavy atom. The average Bonchev–Trinajstić information content (AvgIpc) is 3.00. The first-order chi connectivity index (χ1) is 8.43. The number of nitrogens with zero attached hydrogens (tertiary/aromatic N) is 2. The standard InChI is InChI=1S/C13H20N4/c1-3-11(12-5-2-6-16-12)13(4-1)17-10-7-14-9-15-8-10/h7-9,11-13,16-17H,1-6H2. The zero-order valence-electron chi connectivity index (χ0n) is 10.1. The van der Waals surface area contributed by atoms with Crippen LogP contribution >= 0.6 is 0 Å². The predicted molar refractivity (Wildman–Crippen MR) is 67.8 cm³/mol. The number of hydrogen-bond donors (Lipinski definition) is 2. The van der Waals surface area contributed by atoms with E-state index in [1.165, 1.54) is 38.6 Å². The van der Waals surface area contributed by atoms with Crippen LogP contribution in [0.2, 0.25) is 0 Å². The summed E-state index contributed by atoms with van der Waals surface area (Å²) in [5, 5.41) is 7.25. The fourth-order valence-corrected chi connectivity index (χ4v) is 3.31. The Morgan fingerprint density at radius 2 is 2.00 bits per heavy atom. The maximum atomic E-state index is 4.06. The molecule has 0 bridgehead atoms. The summed E-state index contributed by atoms with van der Waals surface area (Å²) in [6.07, 6.45) is 12.0. The van der Waals surface area contributed by atoms with Crippen LogP contribution in [0.25, 0.3) is 0 Å². The van der Waals surface area contributed by atoms with Gasteiger partial charge in [-0.05, 0) is 38.1 Å². The summed E-state index contributed by atoms with van der Waals surface area (Å²) in [6, 6.07) is 1.32. The van der Waals surface area contributed by atoms with Gasteiger partial charge in [-0.25, -0.2) is 9.97 Å². The molecular weight excluding hydrogens is 212 g/mol. The maximum Gasteiger partial charge on any atom is 0.115 e. The second-order valence-electron chi connectivity index (χ2n) is 5.18. The largest absolute Gasteiger partial charge is 0.379 e. The van der Waals surface area contributed by atoms with E-state index in [0.717, 1.165) is 17.6 Å². The molecule has 4 heteroatoms. The van der Waals surface area contributed by atoms with Crippen molar-refractivity contribution in [3.05, 3.63) is 18.7 Å². The Kier molecular flexibility index (Phi) is 3.22. The van der Waals surface area contributed by atoms with Gasteiger partial charge in [-0.2, -0.15) is 0 Å². The summed E-state index contributed by atoms with van der Waals surface area (Å²) in [4.78, 5) is 8.12. The van der Waals surface area contributed by atoms with E-state index in [9.17, 15) is 0 Å². The summed E-state index contributed by atoms with van der Waals surface area (Å²) < 4.78 is 0. The monoisotopic (exact) mass is 232 g/mol. The molecule has 1 saturated heterocycles. The zero-order valence-corrected chi connectivity index (χ0v) is 10.1. The van der Waals surface area contributed by atoms with E-state index >= 15 is 0 Å². The normalized spacial score (nSPS) is 32.8. The fraction of sp³-hybridized carbons (Fsp3) is 0.692. The first-order valence-electron chi connectivity index (χ1n) is 6.68. The molecular formula is C13H20N4.